The maximum atomic E-state index is 9.44. The van der Waals surface area contributed by atoms with E-state index in [0.717, 1.165) is 0 Å². The van der Waals surface area contributed by atoms with Crippen molar-refractivity contribution in [1.82, 2.24) is 0 Å². The zero-order chi connectivity index (χ0) is 3.58. The summed E-state index contributed by atoms with van der Waals surface area (Å²) in [6.45, 7) is 3.06. The van der Waals surface area contributed by atoms with E-state index in [1.54, 1.807) is 0 Å². The number of ketones is 1. The van der Waals surface area contributed by atoms with Crippen LogP contribution in [0, 0.1) is 0 Å². The fourth-order valence-corrected chi connectivity index (χ4v) is 0. The summed E-state index contributed by atoms with van der Waals surface area (Å²) in [7, 11) is 0. The molecule has 3 heteroatoms. The van der Waals surface area contributed by atoms with Crippen LogP contribution in [0.15, 0.2) is 0 Å². The van der Waals surface area contributed by atoms with E-state index in [0.29, 0.717) is 0 Å². The monoisotopic (exact) mass is 234 g/mol. The number of hydrogen-bond acceptors (Lipinski definition) is 1. The number of Topliss-reactive ketones (excluding diaryl/α,β-unsaturated/α-hetero) is 1. The molecule has 0 saturated heterocycles. The third-order valence-electron chi connectivity index (χ3n) is 0. The fraction of sp³-hybridized carbons (Fsp3) is 0.667. The first-order valence-electron chi connectivity index (χ1n) is 1.20. The van der Waals surface area contributed by atoms with Crippen molar-refractivity contribution >= 4 is 67.1 Å². The largest absolute Gasteiger partial charge is 2.00 e. The second kappa shape index (κ2) is 9.73. The van der Waals surface area contributed by atoms with Crippen LogP contribution in [0.4, 0.5) is 0 Å². The van der Waals surface area contributed by atoms with Gasteiger partial charge < -0.3 is 7.65 Å². The van der Waals surface area contributed by atoms with Crippen LogP contribution >= 0.6 is 12.4 Å². The summed E-state index contributed by atoms with van der Waals surface area (Å²) in [6, 6.07) is 0. The minimum atomic E-state index is 0. The van der Waals surface area contributed by atoms with Crippen molar-refractivity contribution in [2.24, 2.45) is 0 Å². The van der Waals surface area contributed by atoms with Crippen molar-refractivity contribution in [2.75, 3.05) is 0 Å². The van der Waals surface area contributed by atoms with Gasteiger partial charge in [0.15, 0.2) is 0 Å². The summed E-state index contributed by atoms with van der Waals surface area (Å²) in [5, 5.41) is 0. The Morgan fingerprint density at radius 3 is 1.50 bits per heavy atom. The molecule has 1 nitrogen and oxygen atoms in total. The van der Waals surface area contributed by atoms with Gasteiger partial charge in [-0.05, 0) is 13.8 Å². The second-order valence-corrected chi connectivity index (χ2v) is 0.908. The van der Waals surface area contributed by atoms with Crippen LogP contribution in [-0.4, -0.2) is 54.7 Å². The Morgan fingerprint density at radius 2 is 1.50 bits per heavy atom. The number of halogens is 1. The van der Waals surface area contributed by atoms with Crippen molar-refractivity contribution in [3.63, 3.8) is 0 Å². The van der Waals surface area contributed by atoms with Gasteiger partial charge >= 0.3 is 48.9 Å². The summed E-state index contributed by atoms with van der Waals surface area (Å²) in [6.07, 6.45) is 0. The van der Waals surface area contributed by atoms with E-state index in [4.69, 9.17) is 0 Å². The van der Waals surface area contributed by atoms with Gasteiger partial charge in [-0.15, -0.1) is 12.4 Å². The maximum absolute atomic E-state index is 9.44. The molecule has 0 spiro atoms. The third-order valence-corrected chi connectivity index (χ3v) is 0. The number of rotatable bonds is 0. The predicted octanol–water partition coefficient (Wildman–Crippen LogP) is 0.861. The molecule has 0 aromatic rings. The predicted molar refractivity (Wildman–Crippen MR) is 31.6 cm³/mol. The fourth-order valence-electron chi connectivity index (χ4n) is 0. The third kappa shape index (κ3) is 48.4. The van der Waals surface area contributed by atoms with Gasteiger partial charge in [-0.2, -0.15) is 0 Å². The van der Waals surface area contributed by atoms with Crippen molar-refractivity contribution in [1.29, 1.82) is 0 Å². The molecule has 0 aliphatic heterocycles. The minimum Gasteiger partial charge on any atom is -1.00 e. The Balaban J connectivity index is -0.00000000750. The van der Waals surface area contributed by atoms with E-state index in [1.165, 1.54) is 13.8 Å². The number of carbonyl (C=O) groups excluding carboxylic acids is 1. The Kier molecular flexibility index (Phi) is 25.4. The second-order valence-electron chi connectivity index (χ2n) is 0.908. The molecule has 0 atom stereocenters. The van der Waals surface area contributed by atoms with Crippen molar-refractivity contribution < 1.29 is 7.65 Å². The molecule has 0 saturated carbocycles. The molecule has 0 fully saturated rings. The Hall–Kier alpha value is 1.53. The van der Waals surface area contributed by atoms with Gasteiger partial charge in [-0.1, -0.05) is 0 Å². The summed E-state index contributed by atoms with van der Waals surface area (Å²) in [5.41, 5.74) is 0. The minimum absolute atomic E-state index is 0. The van der Waals surface area contributed by atoms with Gasteiger partial charge in [-0.3, -0.25) is 0 Å². The molecule has 0 radical (unpaired) electrons. The number of carbonyl (C=O) groups is 1. The summed E-state index contributed by atoms with van der Waals surface area (Å²) in [5.74, 6) is 0.167. The molecule has 6 heavy (non-hydrogen) atoms. The Bertz CT molecular complexity index is 40.3. The normalized spacial score (nSPS) is 4.33. The average Bonchev–Trinajstić information content (AvgIpc) is 0.811. The average molecular weight is 234 g/mol. The standard InChI is InChI=1S/C3H6O.Ba.ClH.2H/c1-3(2)4;;;;/h1-2H3;;1H;;/q;+2;;2*-1. The molecule has 0 aromatic carbocycles. The quantitative estimate of drug-likeness (QED) is 0.568. The molecule has 0 bridgehead atoms. The van der Waals surface area contributed by atoms with Gasteiger partial charge in [0.2, 0.25) is 0 Å². The van der Waals surface area contributed by atoms with E-state index in [9.17, 15) is 4.79 Å². The van der Waals surface area contributed by atoms with Gasteiger partial charge in [0, 0.05) is 0 Å². The van der Waals surface area contributed by atoms with Gasteiger partial charge in [-0.25, -0.2) is 0 Å². The molecule has 0 N–H and O–H groups in total. The van der Waals surface area contributed by atoms with Crippen LogP contribution < -0.4 is 0 Å². The maximum Gasteiger partial charge on any atom is 2.00 e. The Morgan fingerprint density at radius 1 is 1.50 bits per heavy atom. The molecule has 0 aliphatic carbocycles. The molecular weight excluding hydrogens is 225 g/mol. The smallest absolute Gasteiger partial charge is 1.00 e. The molecule has 0 amide bonds. The molecule has 0 rings (SSSR count). The molecule has 0 unspecified atom stereocenters. The Labute approximate surface area is 87.3 Å². The van der Waals surface area contributed by atoms with Crippen LogP contribution in [0.3, 0.4) is 0 Å². The molecule has 0 aliphatic rings. The summed E-state index contributed by atoms with van der Waals surface area (Å²) < 4.78 is 0. The van der Waals surface area contributed by atoms with Crippen LogP contribution in [0.2, 0.25) is 0 Å². The van der Waals surface area contributed by atoms with Crippen LogP contribution in [0.1, 0.15) is 16.7 Å². The molecule has 36 valence electrons. The van der Waals surface area contributed by atoms with E-state index < -0.39 is 0 Å². The van der Waals surface area contributed by atoms with Gasteiger partial charge in [0.25, 0.3) is 0 Å². The first-order valence-corrected chi connectivity index (χ1v) is 1.20. The van der Waals surface area contributed by atoms with Crippen molar-refractivity contribution in [3.05, 3.63) is 0 Å². The SMILES string of the molecule is CC(C)=O.Cl.[Ba+2].[H-].[H-]. The van der Waals surface area contributed by atoms with E-state index in [1.807, 2.05) is 0 Å². The topological polar surface area (TPSA) is 17.1 Å². The number of hydrogen-bond donors (Lipinski definition) is 0. The van der Waals surface area contributed by atoms with E-state index >= 15 is 0 Å². The van der Waals surface area contributed by atoms with Gasteiger partial charge in [0.05, 0.1) is 0 Å². The molecule has 0 heterocycles. The zero-order valence-electron chi connectivity index (χ0n) is 6.02. The van der Waals surface area contributed by atoms with Gasteiger partial charge in [0.1, 0.15) is 5.78 Å². The molecule has 0 aromatic heterocycles. The zero-order valence-corrected chi connectivity index (χ0v) is 9.28. The summed E-state index contributed by atoms with van der Waals surface area (Å²) in [4.78, 5) is 9.44. The van der Waals surface area contributed by atoms with Crippen LogP contribution in [0.5, 0.6) is 0 Å². The van der Waals surface area contributed by atoms with Crippen molar-refractivity contribution in [2.45, 2.75) is 13.8 Å². The van der Waals surface area contributed by atoms with E-state index in [2.05, 4.69) is 0 Å². The van der Waals surface area contributed by atoms with E-state index in [-0.39, 0.29) is 69.9 Å². The van der Waals surface area contributed by atoms with Crippen LogP contribution in [-0.2, 0) is 4.79 Å². The van der Waals surface area contributed by atoms with Crippen molar-refractivity contribution in [3.8, 4) is 0 Å². The molecular formula is C3H9BaClO. The van der Waals surface area contributed by atoms with Crippen LogP contribution in [0.25, 0.3) is 0 Å². The first-order chi connectivity index (χ1) is 1.73. The summed E-state index contributed by atoms with van der Waals surface area (Å²) >= 11 is 0. The first kappa shape index (κ1) is 15.6.